The van der Waals surface area contributed by atoms with Crippen molar-refractivity contribution in [3.63, 3.8) is 0 Å². The van der Waals surface area contributed by atoms with E-state index < -0.39 is 34.0 Å². The molecule has 0 amide bonds. The van der Waals surface area contributed by atoms with Crippen LogP contribution in [0.25, 0.3) is 11.3 Å². The van der Waals surface area contributed by atoms with Crippen molar-refractivity contribution in [2.75, 3.05) is 6.61 Å². The van der Waals surface area contributed by atoms with E-state index in [1.165, 1.54) is 12.1 Å². The molecule has 1 N–H and O–H groups in total. The first-order valence-electron chi connectivity index (χ1n) is 6.45. The van der Waals surface area contributed by atoms with Gasteiger partial charge < -0.3 is 9.84 Å². The lowest BCUT2D eigenvalue weighted by molar-refractivity contribution is -0.198. The van der Waals surface area contributed by atoms with Crippen molar-refractivity contribution in [1.82, 2.24) is 4.98 Å². The molecular formula is C15H13ClF3NO2. The molecule has 0 saturated carbocycles. The number of hydrogen-bond donors (Lipinski definition) is 1. The Hall–Kier alpha value is -1.63. The van der Waals surface area contributed by atoms with Crippen molar-refractivity contribution in [1.29, 1.82) is 0 Å². The van der Waals surface area contributed by atoms with Crippen molar-refractivity contribution in [3.8, 4) is 11.3 Å². The number of halogens is 4. The Bertz CT molecular complexity index is 690. The number of hydrogen-bond acceptors (Lipinski definition) is 3. The minimum atomic E-state index is -2.22. The Kier molecular flexibility index (Phi) is 4.75. The molecule has 1 heterocycles. The fourth-order valence-corrected chi connectivity index (χ4v) is 2.25. The molecule has 2 rings (SSSR count). The second-order valence-electron chi connectivity index (χ2n) is 4.68. The zero-order valence-corrected chi connectivity index (χ0v) is 12.6. The maximum atomic E-state index is 14.6. The largest absolute Gasteiger partial charge is 0.362 e. The Morgan fingerprint density at radius 3 is 2.32 bits per heavy atom. The summed E-state index contributed by atoms with van der Waals surface area (Å²) in [7, 11) is 0. The van der Waals surface area contributed by atoms with E-state index in [0.29, 0.717) is 0 Å². The first-order valence-corrected chi connectivity index (χ1v) is 6.83. The van der Waals surface area contributed by atoms with Gasteiger partial charge in [-0.15, -0.1) is 0 Å². The molecule has 3 nitrogen and oxygen atoms in total. The summed E-state index contributed by atoms with van der Waals surface area (Å²) in [6.07, 6.45) is 0. The Morgan fingerprint density at radius 2 is 1.77 bits per heavy atom. The predicted molar refractivity (Wildman–Crippen MR) is 75.8 cm³/mol. The number of aromatic nitrogens is 1. The number of ether oxygens (including phenoxy) is 1. The average molecular weight is 332 g/mol. The third-order valence-corrected chi connectivity index (χ3v) is 3.30. The maximum Gasteiger partial charge on any atom is 0.195 e. The van der Waals surface area contributed by atoms with Gasteiger partial charge in [-0.05, 0) is 38.1 Å². The lowest BCUT2D eigenvalue weighted by Crippen LogP contribution is -2.29. The van der Waals surface area contributed by atoms with Crippen LogP contribution in [0.3, 0.4) is 0 Å². The van der Waals surface area contributed by atoms with Crippen LogP contribution in [0.15, 0.2) is 24.3 Å². The number of rotatable bonds is 4. The topological polar surface area (TPSA) is 42.4 Å². The number of nitrogens with zero attached hydrogens (tertiary/aromatic N) is 1. The molecule has 2 aromatic rings. The quantitative estimate of drug-likeness (QED) is 0.679. The molecule has 1 atom stereocenters. The van der Waals surface area contributed by atoms with Gasteiger partial charge >= 0.3 is 0 Å². The van der Waals surface area contributed by atoms with Crippen LogP contribution in [-0.2, 0) is 10.5 Å². The summed E-state index contributed by atoms with van der Waals surface area (Å²) >= 11 is 5.68. The SMILES string of the molecule is CCOC(C)(O)c1c(F)c(Cl)nc(-c2ccc(F)cc2)c1F. The molecule has 0 saturated heterocycles. The fraction of sp³-hybridized carbons (Fsp3) is 0.267. The second-order valence-corrected chi connectivity index (χ2v) is 5.03. The molecule has 1 unspecified atom stereocenters. The Morgan fingerprint density at radius 1 is 1.18 bits per heavy atom. The highest BCUT2D eigenvalue weighted by Gasteiger charge is 2.35. The van der Waals surface area contributed by atoms with Crippen molar-refractivity contribution in [3.05, 3.63) is 52.4 Å². The highest BCUT2D eigenvalue weighted by molar-refractivity contribution is 6.29. The van der Waals surface area contributed by atoms with Gasteiger partial charge in [-0.25, -0.2) is 18.2 Å². The molecule has 1 aromatic heterocycles. The number of aliphatic hydroxyl groups is 1. The van der Waals surface area contributed by atoms with Crippen molar-refractivity contribution >= 4 is 11.6 Å². The van der Waals surface area contributed by atoms with Gasteiger partial charge in [0.25, 0.3) is 0 Å². The second kappa shape index (κ2) is 6.24. The third kappa shape index (κ3) is 3.09. The first-order chi connectivity index (χ1) is 10.3. The lowest BCUT2D eigenvalue weighted by Gasteiger charge is -2.25. The van der Waals surface area contributed by atoms with Crippen LogP contribution in [0.2, 0.25) is 5.15 Å². The van der Waals surface area contributed by atoms with Gasteiger partial charge in [-0.3, -0.25) is 0 Å². The zero-order chi connectivity index (χ0) is 16.5. The summed E-state index contributed by atoms with van der Waals surface area (Å²) in [5.74, 6) is -5.06. The molecule has 0 spiro atoms. The van der Waals surface area contributed by atoms with E-state index in [1.54, 1.807) is 6.92 Å². The lowest BCUT2D eigenvalue weighted by atomic mass is 10.0. The van der Waals surface area contributed by atoms with E-state index in [2.05, 4.69) is 4.98 Å². The van der Waals surface area contributed by atoms with Gasteiger partial charge in [0.2, 0.25) is 0 Å². The van der Waals surface area contributed by atoms with Crippen LogP contribution in [0, 0.1) is 17.5 Å². The molecule has 22 heavy (non-hydrogen) atoms. The minimum Gasteiger partial charge on any atom is -0.362 e. The van der Waals surface area contributed by atoms with Gasteiger partial charge in [0, 0.05) is 12.2 Å². The summed E-state index contributed by atoms with van der Waals surface area (Å²) in [4.78, 5) is 3.63. The molecule has 7 heteroatoms. The summed E-state index contributed by atoms with van der Waals surface area (Å²) in [6.45, 7) is 2.69. The maximum absolute atomic E-state index is 14.6. The van der Waals surface area contributed by atoms with E-state index in [0.717, 1.165) is 19.1 Å². The Balaban J connectivity index is 2.68. The van der Waals surface area contributed by atoms with Crippen LogP contribution in [0.1, 0.15) is 19.4 Å². The first kappa shape index (κ1) is 16.7. The van der Waals surface area contributed by atoms with Gasteiger partial charge in [-0.1, -0.05) is 11.6 Å². The molecule has 0 radical (unpaired) electrons. The van der Waals surface area contributed by atoms with Gasteiger partial charge in [0.05, 0.1) is 5.56 Å². The smallest absolute Gasteiger partial charge is 0.195 e. The van der Waals surface area contributed by atoms with E-state index in [1.807, 2.05) is 0 Å². The van der Waals surface area contributed by atoms with Crippen LogP contribution in [-0.4, -0.2) is 16.7 Å². The van der Waals surface area contributed by atoms with E-state index in [4.69, 9.17) is 16.3 Å². The van der Waals surface area contributed by atoms with E-state index in [-0.39, 0.29) is 17.9 Å². The molecule has 0 aliphatic carbocycles. The van der Waals surface area contributed by atoms with Crippen LogP contribution in [0.4, 0.5) is 13.2 Å². The van der Waals surface area contributed by atoms with E-state index in [9.17, 15) is 18.3 Å². The number of pyridine rings is 1. The van der Waals surface area contributed by atoms with E-state index >= 15 is 0 Å². The van der Waals surface area contributed by atoms with Crippen LogP contribution in [0.5, 0.6) is 0 Å². The average Bonchev–Trinajstić information content (AvgIpc) is 2.44. The monoisotopic (exact) mass is 331 g/mol. The highest BCUT2D eigenvalue weighted by atomic mass is 35.5. The van der Waals surface area contributed by atoms with Crippen molar-refractivity contribution in [2.24, 2.45) is 0 Å². The van der Waals surface area contributed by atoms with Crippen LogP contribution < -0.4 is 0 Å². The molecular weight excluding hydrogens is 319 g/mol. The zero-order valence-electron chi connectivity index (χ0n) is 11.8. The number of benzene rings is 1. The van der Waals surface area contributed by atoms with Gasteiger partial charge in [-0.2, -0.15) is 0 Å². The molecule has 0 bridgehead atoms. The van der Waals surface area contributed by atoms with Crippen molar-refractivity contribution < 1.29 is 23.0 Å². The standard InChI is InChI=1S/C15H13ClF3NO2/c1-3-22-15(2,21)10-11(18)13(20-14(16)12(10)19)8-4-6-9(17)7-5-8/h4-7,21H,3H2,1-2H3. The molecule has 1 aromatic carbocycles. The third-order valence-electron chi connectivity index (χ3n) is 3.04. The summed E-state index contributed by atoms with van der Waals surface area (Å²) < 4.78 is 46.7. The van der Waals surface area contributed by atoms with Crippen LogP contribution >= 0.6 is 11.6 Å². The Labute approximate surface area is 130 Å². The highest BCUT2D eigenvalue weighted by Crippen LogP contribution is 2.35. The molecule has 0 fully saturated rings. The van der Waals surface area contributed by atoms with Crippen molar-refractivity contribution in [2.45, 2.75) is 19.6 Å². The van der Waals surface area contributed by atoms with Gasteiger partial charge in [0.1, 0.15) is 11.5 Å². The molecule has 118 valence electrons. The fourth-order valence-electron chi connectivity index (χ4n) is 2.07. The minimum absolute atomic E-state index is 0.0255. The van der Waals surface area contributed by atoms with Gasteiger partial charge in [0.15, 0.2) is 22.6 Å². The predicted octanol–water partition coefficient (Wildman–Crippen LogP) is 4.02. The normalized spacial score (nSPS) is 14.0. The molecule has 0 aliphatic rings. The molecule has 0 aliphatic heterocycles. The summed E-state index contributed by atoms with van der Waals surface area (Å²) in [5, 5.41) is 9.52. The summed E-state index contributed by atoms with van der Waals surface area (Å²) in [5.41, 5.74) is -0.857. The summed E-state index contributed by atoms with van der Waals surface area (Å²) in [6, 6.07) is 4.75.